The Kier molecular flexibility index (Phi) is 6.25. The van der Waals surface area contributed by atoms with Gasteiger partial charge in [-0.05, 0) is 52.4 Å². The molecule has 1 aromatic heterocycles. The summed E-state index contributed by atoms with van der Waals surface area (Å²) in [4.78, 5) is 15.1. The topological polar surface area (TPSA) is 75.5 Å². The number of rotatable bonds is 5. The Hall–Kier alpha value is -1.41. The van der Waals surface area contributed by atoms with Crippen LogP contribution in [-0.4, -0.2) is 59.0 Å². The van der Waals surface area contributed by atoms with Gasteiger partial charge in [0.05, 0.1) is 11.4 Å². The van der Waals surface area contributed by atoms with Crippen LogP contribution in [0.5, 0.6) is 0 Å². The molecular formula is C19H32N4O3S. The molecule has 0 aromatic carbocycles. The van der Waals surface area contributed by atoms with E-state index < -0.39 is 10.0 Å². The molecule has 0 unspecified atom stereocenters. The van der Waals surface area contributed by atoms with Gasteiger partial charge in [-0.2, -0.15) is 9.40 Å². The first kappa shape index (κ1) is 20.3. The minimum absolute atomic E-state index is 0.0362. The normalized spacial score (nSPS) is 22.2. The second kappa shape index (κ2) is 8.31. The van der Waals surface area contributed by atoms with Gasteiger partial charge >= 0.3 is 0 Å². The zero-order chi connectivity index (χ0) is 19.6. The van der Waals surface area contributed by atoms with E-state index in [9.17, 15) is 13.2 Å². The lowest BCUT2D eigenvalue weighted by molar-refractivity contribution is -0.135. The molecule has 152 valence electrons. The molecule has 1 aromatic rings. The van der Waals surface area contributed by atoms with Gasteiger partial charge < -0.3 is 4.90 Å². The van der Waals surface area contributed by atoms with Crippen molar-refractivity contribution in [3.8, 4) is 0 Å². The largest absolute Gasteiger partial charge is 0.338 e. The molecule has 1 atom stereocenters. The molecular weight excluding hydrogens is 364 g/mol. The van der Waals surface area contributed by atoms with Crippen LogP contribution in [0.2, 0.25) is 0 Å². The lowest BCUT2D eigenvalue weighted by Gasteiger charge is -2.35. The summed E-state index contributed by atoms with van der Waals surface area (Å²) in [6.45, 7) is 7.63. The van der Waals surface area contributed by atoms with E-state index in [2.05, 4.69) is 12.0 Å². The van der Waals surface area contributed by atoms with E-state index in [-0.39, 0.29) is 17.3 Å². The van der Waals surface area contributed by atoms with Crippen molar-refractivity contribution in [2.45, 2.75) is 83.2 Å². The second-order valence-corrected chi connectivity index (χ2v) is 9.64. The predicted molar refractivity (Wildman–Crippen MR) is 104 cm³/mol. The van der Waals surface area contributed by atoms with Crippen LogP contribution in [0.3, 0.4) is 0 Å². The molecule has 3 rings (SSSR count). The number of nitrogens with zero attached hydrogens (tertiary/aromatic N) is 4. The summed E-state index contributed by atoms with van der Waals surface area (Å²) >= 11 is 0. The van der Waals surface area contributed by atoms with Gasteiger partial charge in [0.25, 0.3) is 0 Å². The standard InChI is InChI=1S/C19H32N4O3S/c1-4-17-10-6-9-13-22(17)18(24)14-23-16(3)19(15(2)20-23)27(25,26)21-11-7-5-8-12-21/h17H,4-14H2,1-3H3/t17-/m1/s1. The van der Waals surface area contributed by atoms with Gasteiger partial charge in [0, 0.05) is 25.7 Å². The van der Waals surface area contributed by atoms with Gasteiger partial charge in [0.2, 0.25) is 15.9 Å². The number of hydrogen-bond acceptors (Lipinski definition) is 4. The monoisotopic (exact) mass is 396 g/mol. The minimum atomic E-state index is -3.55. The Balaban J connectivity index is 1.82. The Morgan fingerprint density at radius 1 is 1.07 bits per heavy atom. The molecule has 3 heterocycles. The highest BCUT2D eigenvalue weighted by molar-refractivity contribution is 7.89. The maximum atomic E-state index is 13.1. The number of aryl methyl sites for hydroxylation is 1. The molecule has 0 N–H and O–H groups in total. The number of piperidine rings is 2. The highest BCUT2D eigenvalue weighted by Crippen LogP contribution is 2.26. The summed E-state index contributed by atoms with van der Waals surface area (Å²) in [5.41, 5.74) is 1.05. The number of carbonyl (C=O) groups is 1. The average molecular weight is 397 g/mol. The van der Waals surface area contributed by atoms with E-state index in [1.807, 2.05) is 4.90 Å². The molecule has 0 spiro atoms. The molecule has 0 radical (unpaired) electrons. The first-order chi connectivity index (χ1) is 12.9. The molecule has 27 heavy (non-hydrogen) atoms. The second-order valence-electron chi connectivity index (χ2n) is 7.77. The van der Waals surface area contributed by atoms with Crippen molar-refractivity contribution < 1.29 is 13.2 Å². The fourth-order valence-electron chi connectivity index (χ4n) is 4.41. The fraction of sp³-hybridized carbons (Fsp3) is 0.789. The van der Waals surface area contributed by atoms with E-state index in [1.54, 1.807) is 22.8 Å². The van der Waals surface area contributed by atoms with Gasteiger partial charge in [-0.15, -0.1) is 0 Å². The number of carbonyl (C=O) groups excluding carboxylic acids is 1. The third kappa shape index (κ3) is 4.06. The van der Waals surface area contributed by atoms with Crippen molar-refractivity contribution in [2.75, 3.05) is 19.6 Å². The van der Waals surface area contributed by atoms with Crippen LogP contribution in [0.25, 0.3) is 0 Å². The van der Waals surface area contributed by atoms with Crippen LogP contribution in [0, 0.1) is 13.8 Å². The van der Waals surface area contributed by atoms with Crippen molar-refractivity contribution in [2.24, 2.45) is 0 Å². The number of aromatic nitrogens is 2. The minimum Gasteiger partial charge on any atom is -0.338 e. The molecule has 7 nitrogen and oxygen atoms in total. The Bertz CT molecular complexity index is 781. The molecule has 2 saturated heterocycles. The molecule has 0 bridgehead atoms. The summed E-state index contributed by atoms with van der Waals surface area (Å²) in [6.07, 6.45) is 7.08. The van der Waals surface area contributed by atoms with Crippen LogP contribution in [0.1, 0.15) is 63.3 Å². The van der Waals surface area contributed by atoms with E-state index in [4.69, 9.17) is 0 Å². The van der Waals surface area contributed by atoms with E-state index in [0.29, 0.717) is 30.5 Å². The quantitative estimate of drug-likeness (QED) is 0.766. The van der Waals surface area contributed by atoms with Gasteiger partial charge in [-0.1, -0.05) is 13.3 Å². The molecule has 2 aliphatic rings. The van der Waals surface area contributed by atoms with Crippen molar-refractivity contribution >= 4 is 15.9 Å². The van der Waals surface area contributed by atoms with Crippen LogP contribution in [0.15, 0.2) is 4.90 Å². The zero-order valence-electron chi connectivity index (χ0n) is 16.8. The summed E-state index contributed by atoms with van der Waals surface area (Å²) in [5, 5.41) is 4.42. The van der Waals surface area contributed by atoms with Gasteiger partial charge in [-0.3, -0.25) is 9.48 Å². The predicted octanol–water partition coefficient (Wildman–Crippen LogP) is 2.47. The van der Waals surface area contributed by atoms with Crippen LogP contribution >= 0.6 is 0 Å². The molecule has 2 fully saturated rings. The maximum absolute atomic E-state index is 13.1. The third-order valence-corrected chi connectivity index (χ3v) is 8.08. The van der Waals surface area contributed by atoms with Crippen molar-refractivity contribution in [1.82, 2.24) is 19.0 Å². The van der Waals surface area contributed by atoms with Crippen LogP contribution in [0.4, 0.5) is 0 Å². The van der Waals surface area contributed by atoms with Gasteiger partial charge in [0.1, 0.15) is 11.4 Å². The maximum Gasteiger partial charge on any atom is 0.246 e. The number of hydrogen-bond donors (Lipinski definition) is 0. The molecule has 8 heteroatoms. The smallest absolute Gasteiger partial charge is 0.246 e. The molecule has 2 aliphatic heterocycles. The first-order valence-corrected chi connectivity index (χ1v) is 11.6. The molecule has 1 amide bonds. The van der Waals surface area contributed by atoms with Gasteiger partial charge in [0.15, 0.2) is 0 Å². The van der Waals surface area contributed by atoms with Crippen LogP contribution in [-0.2, 0) is 21.4 Å². The first-order valence-electron chi connectivity index (χ1n) is 10.2. The molecule has 0 aliphatic carbocycles. The summed E-state index contributed by atoms with van der Waals surface area (Å²) < 4.78 is 29.4. The highest BCUT2D eigenvalue weighted by atomic mass is 32.2. The van der Waals surface area contributed by atoms with Crippen molar-refractivity contribution in [1.29, 1.82) is 0 Å². The lowest BCUT2D eigenvalue weighted by atomic mass is 10.00. The average Bonchev–Trinajstić information content (AvgIpc) is 2.96. The number of amides is 1. The van der Waals surface area contributed by atoms with E-state index >= 15 is 0 Å². The summed E-state index contributed by atoms with van der Waals surface area (Å²) in [5.74, 6) is 0.0362. The molecule has 0 saturated carbocycles. The van der Waals surface area contributed by atoms with Crippen molar-refractivity contribution in [3.05, 3.63) is 11.4 Å². The highest BCUT2D eigenvalue weighted by Gasteiger charge is 2.33. The Morgan fingerprint density at radius 3 is 2.41 bits per heavy atom. The van der Waals surface area contributed by atoms with E-state index in [1.165, 1.54) is 6.42 Å². The van der Waals surface area contributed by atoms with Crippen LogP contribution < -0.4 is 0 Å². The SMILES string of the molecule is CC[C@@H]1CCCCN1C(=O)Cn1nc(C)c(S(=O)(=O)N2CCCCC2)c1C. The fourth-order valence-corrected chi connectivity index (χ4v) is 6.30. The van der Waals surface area contributed by atoms with Crippen molar-refractivity contribution in [3.63, 3.8) is 0 Å². The number of likely N-dealkylation sites (tertiary alicyclic amines) is 1. The summed E-state index contributed by atoms with van der Waals surface area (Å²) in [7, 11) is -3.55. The Labute approximate surface area is 162 Å². The Morgan fingerprint density at radius 2 is 1.74 bits per heavy atom. The zero-order valence-corrected chi connectivity index (χ0v) is 17.6. The van der Waals surface area contributed by atoms with Gasteiger partial charge in [-0.25, -0.2) is 8.42 Å². The lowest BCUT2D eigenvalue weighted by Crippen LogP contribution is -2.45. The third-order valence-electron chi connectivity index (χ3n) is 5.93. The summed E-state index contributed by atoms with van der Waals surface area (Å²) in [6, 6.07) is 0.291. The van der Waals surface area contributed by atoms with E-state index in [0.717, 1.165) is 45.1 Å². The number of sulfonamides is 1.